The van der Waals surface area contributed by atoms with Crippen LogP contribution in [-0.4, -0.2) is 25.6 Å². The summed E-state index contributed by atoms with van der Waals surface area (Å²) in [5.41, 5.74) is 12.1. The van der Waals surface area contributed by atoms with Crippen molar-refractivity contribution in [3.63, 3.8) is 0 Å². The molecule has 0 saturated heterocycles. The molecule has 0 fully saturated rings. The molecule has 2 aromatic heterocycles. The molecule has 0 amide bonds. The molecule has 0 aliphatic heterocycles. The molecule has 0 spiro atoms. The molecule has 8 heteroatoms. The number of aromatic nitrogens is 3. The maximum atomic E-state index is 11.2. The SMILES string of the molecule is Nc1c(-c2ccnc(OCCCCCn3ccc(S(N)=O)n3)c2)ccc2c1CCC2. The number of anilines is 1. The lowest BCUT2D eigenvalue weighted by atomic mass is 9.98. The number of hydrogen-bond donors (Lipinski definition) is 2. The van der Waals surface area contributed by atoms with Gasteiger partial charge in [0.15, 0.2) is 5.03 Å². The fraction of sp³-hybridized carbons (Fsp3) is 0.364. The highest BCUT2D eigenvalue weighted by Crippen LogP contribution is 2.35. The van der Waals surface area contributed by atoms with Crippen LogP contribution in [0.25, 0.3) is 11.1 Å². The van der Waals surface area contributed by atoms with E-state index in [1.165, 1.54) is 17.5 Å². The van der Waals surface area contributed by atoms with Gasteiger partial charge in [0.05, 0.1) is 6.61 Å². The predicted octanol–water partition coefficient (Wildman–Crippen LogP) is 3.25. The lowest BCUT2D eigenvalue weighted by molar-refractivity contribution is 0.292. The first-order valence-corrected chi connectivity index (χ1v) is 11.5. The lowest BCUT2D eigenvalue weighted by Crippen LogP contribution is -2.06. The number of ether oxygens (including phenoxy) is 1. The van der Waals surface area contributed by atoms with Gasteiger partial charge in [-0.3, -0.25) is 4.68 Å². The Morgan fingerprint density at radius 1 is 1.13 bits per heavy atom. The summed E-state index contributed by atoms with van der Waals surface area (Å²) in [7, 11) is -1.52. The number of pyridine rings is 1. The van der Waals surface area contributed by atoms with Gasteiger partial charge in [0.1, 0.15) is 11.0 Å². The van der Waals surface area contributed by atoms with Gasteiger partial charge in [-0.15, -0.1) is 0 Å². The molecule has 2 heterocycles. The third-order valence-corrected chi connectivity index (χ3v) is 6.11. The number of fused-ring (bicyclic) bond motifs is 1. The van der Waals surface area contributed by atoms with Gasteiger partial charge in [-0.05, 0) is 67.3 Å². The number of unbranched alkanes of at least 4 members (excludes halogenated alkanes) is 2. The third-order valence-electron chi connectivity index (χ3n) is 5.48. The number of hydrogen-bond acceptors (Lipinski definition) is 5. The van der Waals surface area contributed by atoms with E-state index in [1.807, 2.05) is 12.1 Å². The first kappa shape index (κ1) is 20.6. The number of benzene rings is 1. The summed E-state index contributed by atoms with van der Waals surface area (Å²) < 4.78 is 18.8. The number of rotatable bonds is 9. The first-order valence-electron chi connectivity index (χ1n) is 10.3. The Hall–Kier alpha value is -2.71. The van der Waals surface area contributed by atoms with Crippen LogP contribution in [-0.2, 0) is 30.4 Å². The molecule has 0 saturated carbocycles. The maximum absolute atomic E-state index is 11.2. The summed E-state index contributed by atoms with van der Waals surface area (Å²) in [6, 6.07) is 9.94. The first-order chi connectivity index (χ1) is 14.6. The number of nitrogens with two attached hydrogens (primary N) is 2. The van der Waals surface area contributed by atoms with Crippen LogP contribution in [0.2, 0.25) is 0 Å². The summed E-state index contributed by atoms with van der Waals surface area (Å²) in [4.78, 5) is 4.33. The largest absolute Gasteiger partial charge is 0.478 e. The van der Waals surface area contributed by atoms with Crippen molar-refractivity contribution in [1.29, 1.82) is 0 Å². The van der Waals surface area contributed by atoms with Crippen molar-refractivity contribution in [2.24, 2.45) is 5.14 Å². The molecule has 7 nitrogen and oxygen atoms in total. The van der Waals surface area contributed by atoms with Crippen molar-refractivity contribution in [3.8, 4) is 17.0 Å². The Morgan fingerprint density at radius 2 is 2.03 bits per heavy atom. The van der Waals surface area contributed by atoms with Crippen LogP contribution in [0.4, 0.5) is 5.69 Å². The Morgan fingerprint density at radius 3 is 2.87 bits per heavy atom. The highest BCUT2D eigenvalue weighted by atomic mass is 32.2. The van der Waals surface area contributed by atoms with E-state index < -0.39 is 11.0 Å². The molecule has 3 aromatic rings. The van der Waals surface area contributed by atoms with Crippen LogP contribution in [0.15, 0.2) is 47.8 Å². The van der Waals surface area contributed by atoms with E-state index >= 15 is 0 Å². The lowest BCUT2D eigenvalue weighted by Gasteiger charge is -2.12. The van der Waals surface area contributed by atoms with Crippen molar-refractivity contribution in [1.82, 2.24) is 14.8 Å². The van der Waals surface area contributed by atoms with Crippen molar-refractivity contribution in [2.75, 3.05) is 12.3 Å². The number of aryl methyl sites for hydroxylation is 2. The molecular formula is C22H27N5O2S. The van der Waals surface area contributed by atoms with E-state index in [9.17, 15) is 4.21 Å². The molecular weight excluding hydrogens is 398 g/mol. The monoisotopic (exact) mass is 425 g/mol. The Balaban J connectivity index is 1.26. The molecule has 0 radical (unpaired) electrons. The summed E-state index contributed by atoms with van der Waals surface area (Å²) >= 11 is 0. The molecule has 30 heavy (non-hydrogen) atoms. The fourth-order valence-electron chi connectivity index (χ4n) is 3.91. The summed E-state index contributed by atoms with van der Waals surface area (Å²) in [5, 5.41) is 9.92. The molecule has 1 aromatic carbocycles. The predicted molar refractivity (Wildman–Crippen MR) is 118 cm³/mol. The van der Waals surface area contributed by atoms with Crippen LogP contribution < -0.4 is 15.6 Å². The van der Waals surface area contributed by atoms with Crippen LogP contribution in [0, 0.1) is 0 Å². The van der Waals surface area contributed by atoms with Crippen LogP contribution in [0.3, 0.4) is 0 Å². The minimum absolute atomic E-state index is 0.410. The standard InChI is InChI=1S/C22H27N5O2S/c23-22-18-6-4-5-16(18)7-8-19(22)17-9-11-25-20(15-17)29-14-3-1-2-12-27-13-10-21(26-27)30(24)28/h7-11,13,15H,1-6,12,14,23-24H2. The van der Waals surface area contributed by atoms with Crippen molar-refractivity contribution in [2.45, 2.75) is 50.1 Å². The van der Waals surface area contributed by atoms with E-state index in [2.05, 4.69) is 22.2 Å². The van der Waals surface area contributed by atoms with E-state index in [0.29, 0.717) is 17.5 Å². The van der Waals surface area contributed by atoms with Gasteiger partial charge in [-0.2, -0.15) is 5.10 Å². The Bertz CT molecular complexity index is 1050. The van der Waals surface area contributed by atoms with Crippen molar-refractivity contribution in [3.05, 3.63) is 53.9 Å². The summed E-state index contributed by atoms with van der Waals surface area (Å²) in [6.45, 7) is 1.37. The Labute approximate surface area is 179 Å². The highest BCUT2D eigenvalue weighted by Gasteiger charge is 2.17. The average Bonchev–Trinajstić information content (AvgIpc) is 3.41. The van der Waals surface area contributed by atoms with Crippen molar-refractivity contribution >= 4 is 16.7 Å². The number of nitrogens with zero attached hydrogens (tertiary/aromatic N) is 3. The smallest absolute Gasteiger partial charge is 0.213 e. The molecule has 4 N–H and O–H groups in total. The minimum Gasteiger partial charge on any atom is -0.478 e. The average molecular weight is 426 g/mol. The van der Waals surface area contributed by atoms with Crippen LogP contribution in [0.5, 0.6) is 5.88 Å². The molecule has 1 unspecified atom stereocenters. The highest BCUT2D eigenvalue weighted by molar-refractivity contribution is 7.82. The van der Waals surface area contributed by atoms with Gasteiger partial charge in [-0.25, -0.2) is 14.3 Å². The van der Waals surface area contributed by atoms with E-state index in [-0.39, 0.29) is 0 Å². The van der Waals surface area contributed by atoms with E-state index in [1.54, 1.807) is 23.1 Å². The van der Waals surface area contributed by atoms with Gasteiger partial charge in [0.25, 0.3) is 0 Å². The summed E-state index contributed by atoms with van der Waals surface area (Å²) in [6.07, 6.45) is 9.82. The van der Waals surface area contributed by atoms with E-state index in [0.717, 1.165) is 55.5 Å². The van der Waals surface area contributed by atoms with Gasteiger partial charge < -0.3 is 10.5 Å². The van der Waals surface area contributed by atoms with Crippen LogP contribution in [0.1, 0.15) is 36.8 Å². The second-order valence-corrected chi connectivity index (χ2v) is 8.54. The molecule has 0 bridgehead atoms. The zero-order chi connectivity index (χ0) is 20.9. The molecule has 1 aliphatic carbocycles. The molecule has 1 atom stereocenters. The maximum Gasteiger partial charge on any atom is 0.213 e. The minimum atomic E-state index is -1.52. The normalized spacial score (nSPS) is 13.9. The molecule has 158 valence electrons. The zero-order valence-electron chi connectivity index (χ0n) is 16.9. The van der Waals surface area contributed by atoms with E-state index in [4.69, 9.17) is 15.6 Å². The van der Waals surface area contributed by atoms with Gasteiger partial charge in [0.2, 0.25) is 5.88 Å². The zero-order valence-corrected chi connectivity index (χ0v) is 17.7. The topological polar surface area (TPSA) is 109 Å². The third kappa shape index (κ3) is 4.71. The summed E-state index contributed by atoms with van der Waals surface area (Å²) in [5.74, 6) is 0.620. The van der Waals surface area contributed by atoms with Gasteiger partial charge >= 0.3 is 0 Å². The number of nitrogen functional groups attached to an aromatic ring is 1. The van der Waals surface area contributed by atoms with Crippen LogP contribution >= 0.6 is 0 Å². The van der Waals surface area contributed by atoms with Gasteiger partial charge in [-0.1, -0.05) is 12.1 Å². The fourth-order valence-corrected chi connectivity index (χ4v) is 4.29. The molecule has 4 rings (SSSR count). The Kier molecular flexibility index (Phi) is 6.44. The second-order valence-electron chi connectivity index (χ2n) is 7.52. The van der Waals surface area contributed by atoms with Crippen molar-refractivity contribution < 1.29 is 8.95 Å². The van der Waals surface area contributed by atoms with Gasteiger partial charge in [0, 0.05) is 36.3 Å². The second kappa shape index (κ2) is 9.40. The molecule has 1 aliphatic rings. The quantitative estimate of drug-likeness (QED) is 0.404.